The minimum absolute atomic E-state index is 0.0869. The number of benzene rings is 1. The van der Waals surface area contributed by atoms with E-state index in [1.807, 2.05) is 12.1 Å². The second-order valence-electron chi connectivity index (χ2n) is 7.09. The standard InChI is InChI=1S/C18H28N2O3S/c1-14(2)24(21,22)19-17-6-5-7-18(17)23-16-10-8-15(9-11-16)20-12-3-4-13-20/h8-11,14,17-19H,3-7,12-13H2,1-2H3. The Kier molecular flexibility index (Phi) is 5.35. The molecule has 2 fully saturated rings. The molecule has 6 heteroatoms. The zero-order chi connectivity index (χ0) is 17.2. The van der Waals surface area contributed by atoms with Crippen molar-refractivity contribution >= 4 is 15.7 Å². The summed E-state index contributed by atoms with van der Waals surface area (Å²) >= 11 is 0. The van der Waals surface area contributed by atoms with Crippen molar-refractivity contribution in [2.24, 2.45) is 0 Å². The fourth-order valence-corrected chi connectivity index (χ4v) is 4.40. The summed E-state index contributed by atoms with van der Waals surface area (Å²) in [4.78, 5) is 2.39. The van der Waals surface area contributed by atoms with Crippen LogP contribution in [-0.4, -0.2) is 38.9 Å². The van der Waals surface area contributed by atoms with Crippen LogP contribution in [0.2, 0.25) is 0 Å². The van der Waals surface area contributed by atoms with E-state index in [-0.39, 0.29) is 12.1 Å². The Morgan fingerprint density at radius 3 is 2.38 bits per heavy atom. The number of hydrogen-bond acceptors (Lipinski definition) is 4. The Labute approximate surface area is 145 Å². The predicted octanol–water partition coefficient (Wildman–Crippen LogP) is 2.91. The second kappa shape index (κ2) is 7.31. The molecule has 1 heterocycles. The minimum atomic E-state index is -3.26. The molecule has 1 saturated heterocycles. The van der Waals surface area contributed by atoms with E-state index < -0.39 is 15.3 Å². The lowest BCUT2D eigenvalue weighted by atomic mass is 10.2. The molecule has 0 radical (unpaired) electrons. The molecule has 1 aliphatic heterocycles. The zero-order valence-corrected chi connectivity index (χ0v) is 15.4. The molecular formula is C18H28N2O3S. The maximum absolute atomic E-state index is 12.1. The van der Waals surface area contributed by atoms with E-state index in [1.54, 1.807) is 13.8 Å². The fourth-order valence-electron chi connectivity index (χ4n) is 3.43. The first-order valence-electron chi connectivity index (χ1n) is 8.98. The van der Waals surface area contributed by atoms with Gasteiger partial charge in [0.05, 0.1) is 11.3 Å². The first kappa shape index (κ1) is 17.5. The molecule has 1 aromatic rings. The summed E-state index contributed by atoms with van der Waals surface area (Å²) in [7, 11) is -3.26. The van der Waals surface area contributed by atoms with Gasteiger partial charge in [-0.15, -0.1) is 0 Å². The van der Waals surface area contributed by atoms with Crippen LogP contribution in [-0.2, 0) is 10.0 Å². The molecule has 1 aliphatic carbocycles. The second-order valence-corrected chi connectivity index (χ2v) is 9.36. The van der Waals surface area contributed by atoms with Crippen molar-refractivity contribution in [2.45, 2.75) is 63.3 Å². The highest BCUT2D eigenvalue weighted by Gasteiger charge is 2.33. The number of nitrogens with zero attached hydrogens (tertiary/aromatic N) is 1. The van der Waals surface area contributed by atoms with Crippen LogP contribution < -0.4 is 14.4 Å². The monoisotopic (exact) mass is 352 g/mol. The first-order chi connectivity index (χ1) is 11.5. The summed E-state index contributed by atoms with van der Waals surface area (Å²) in [6.45, 7) is 5.65. The van der Waals surface area contributed by atoms with Gasteiger partial charge in [0.1, 0.15) is 11.9 Å². The van der Waals surface area contributed by atoms with Crippen LogP contribution in [0.5, 0.6) is 5.75 Å². The van der Waals surface area contributed by atoms with E-state index in [4.69, 9.17) is 4.74 Å². The van der Waals surface area contributed by atoms with Crippen molar-refractivity contribution in [1.82, 2.24) is 4.72 Å². The number of nitrogens with one attached hydrogen (secondary N) is 1. The van der Waals surface area contributed by atoms with E-state index in [1.165, 1.54) is 18.5 Å². The number of rotatable bonds is 6. The van der Waals surface area contributed by atoms with Gasteiger partial charge in [-0.3, -0.25) is 0 Å². The highest BCUT2D eigenvalue weighted by Crippen LogP contribution is 2.28. The van der Waals surface area contributed by atoms with Crippen molar-refractivity contribution in [3.63, 3.8) is 0 Å². The Morgan fingerprint density at radius 1 is 1.08 bits per heavy atom. The molecule has 2 unspecified atom stereocenters. The van der Waals surface area contributed by atoms with Gasteiger partial charge in [-0.2, -0.15) is 0 Å². The number of hydrogen-bond donors (Lipinski definition) is 1. The topological polar surface area (TPSA) is 58.6 Å². The molecule has 1 N–H and O–H groups in total. The van der Waals surface area contributed by atoms with Crippen LogP contribution in [0.1, 0.15) is 46.0 Å². The van der Waals surface area contributed by atoms with Gasteiger partial charge in [-0.25, -0.2) is 13.1 Å². The van der Waals surface area contributed by atoms with E-state index in [0.717, 1.165) is 38.1 Å². The van der Waals surface area contributed by atoms with E-state index in [9.17, 15) is 8.42 Å². The number of sulfonamides is 1. The van der Waals surface area contributed by atoms with Gasteiger partial charge in [-0.1, -0.05) is 0 Å². The lowest BCUT2D eigenvalue weighted by molar-refractivity contribution is 0.185. The van der Waals surface area contributed by atoms with Gasteiger partial charge in [0.2, 0.25) is 10.0 Å². The van der Waals surface area contributed by atoms with Crippen LogP contribution in [0.4, 0.5) is 5.69 Å². The van der Waals surface area contributed by atoms with Gasteiger partial charge in [0.25, 0.3) is 0 Å². The summed E-state index contributed by atoms with van der Waals surface area (Å²) in [6.07, 6.45) is 5.15. The Bertz CT molecular complexity index is 637. The quantitative estimate of drug-likeness (QED) is 0.855. The molecule has 2 atom stereocenters. The Hall–Kier alpha value is -1.27. The molecule has 0 bridgehead atoms. The third kappa shape index (κ3) is 4.03. The summed E-state index contributed by atoms with van der Waals surface area (Å²) < 4.78 is 33.1. The highest BCUT2D eigenvalue weighted by molar-refractivity contribution is 7.90. The van der Waals surface area contributed by atoms with Crippen molar-refractivity contribution in [2.75, 3.05) is 18.0 Å². The van der Waals surface area contributed by atoms with Crippen molar-refractivity contribution in [3.05, 3.63) is 24.3 Å². The average Bonchev–Trinajstić information content (AvgIpc) is 3.20. The lowest BCUT2D eigenvalue weighted by Gasteiger charge is -2.24. The molecule has 0 spiro atoms. The van der Waals surface area contributed by atoms with E-state index in [0.29, 0.717) is 0 Å². The van der Waals surface area contributed by atoms with Crippen LogP contribution in [0.3, 0.4) is 0 Å². The summed E-state index contributed by atoms with van der Waals surface area (Å²) in [5, 5.41) is -0.418. The summed E-state index contributed by atoms with van der Waals surface area (Å²) in [5.74, 6) is 0.818. The summed E-state index contributed by atoms with van der Waals surface area (Å²) in [5.41, 5.74) is 1.24. The number of ether oxygens (including phenoxy) is 1. The molecule has 1 aromatic carbocycles. The molecule has 1 saturated carbocycles. The molecular weight excluding hydrogens is 324 g/mol. The van der Waals surface area contributed by atoms with E-state index in [2.05, 4.69) is 21.8 Å². The smallest absolute Gasteiger partial charge is 0.214 e. The van der Waals surface area contributed by atoms with Gasteiger partial charge in [0, 0.05) is 18.8 Å². The van der Waals surface area contributed by atoms with Crippen LogP contribution in [0.25, 0.3) is 0 Å². The lowest BCUT2D eigenvalue weighted by Crippen LogP contribution is -2.44. The fraction of sp³-hybridized carbons (Fsp3) is 0.667. The normalized spacial score (nSPS) is 24.7. The average molecular weight is 353 g/mol. The maximum Gasteiger partial charge on any atom is 0.214 e. The first-order valence-corrected chi connectivity index (χ1v) is 10.5. The van der Waals surface area contributed by atoms with Crippen LogP contribution >= 0.6 is 0 Å². The van der Waals surface area contributed by atoms with Crippen molar-refractivity contribution in [3.8, 4) is 5.75 Å². The molecule has 0 aromatic heterocycles. The molecule has 0 amide bonds. The zero-order valence-electron chi connectivity index (χ0n) is 14.6. The van der Waals surface area contributed by atoms with Crippen LogP contribution in [0.15, 0.2) is 24.3 Å². The molecule has 134 valence electrons. The van der Waals surface area contributed by atoms with Gasteiger partial charge in [-0.05, 0) is 70.2 Å². The van der Waals surface area contributed by atoms with Gasteiger partial charge < -0.3 is 9.64 Å². The van der Waals surface area contributed by atoms with Crippen molar-refractivity contribution in [1.29, 1.82) is 0 Å². The number of anilines is 1. The van der Waals surface area contributed by atoms with E-state index >= 15 is 0 Å². The SMILES string of the molecule is CC(C)S(=O)(=O)NC1CCCC1Oc1ccc(N2CCCC2)cc1. The largest absolute Gasteiger partial charge is 0.489 e. The molecule has 2 aliphatic rings. The van der Waals surface area contributed by atoms with Gasteiger partial charge in [0.15, 0.2) is 0 Å². The third-order valence-electron chi connectivity index (χ3n) is 4.98. The Morgan fingerprint density at radius 2 is 1.75 bits per heavy atom. The Balaban J connectivity index is 1.62. The van der Waals surface area contributed by atoms with Gasteiger partial charge >= 0.3 is 0 Å². The minimum Gasteiger partial charge on any atom is -0.489 e. The molecule has 3 rings (SSSR count). The summed E-state index contributed by atoms with van der Waals surface area (Å²) in [6, 6.07) is 8.07. The predicted molar refractivity (Wildman–Crippen MR) is 97.1 cm³/mol. The molecule has 5 nitrogen and oxygen atoms in total. The molecule has 24 heavy (non-hydrogen) atoms. The maximum atomic E-state index is 12.1. The third-order valence-corrected chi connectivity index (χ3v) is 6.86. The van der Waals surface area contributed by atoms with Crippen molar-refractivity contribution < 1.29 is 13.2 Å². The highest BCUT2D eigenvalue weighted by atomic mass is 32.2. The van der Waals surface area contributed by atoms with Crippen LogP contribution in [0, 0.1) is 0 Å².